The van der Waals surface area contributed by atoms with E-state index in [1.54, 1.807) is 29.2 Å². The summed E-state index contributed by atoms with van der Waals surface area (Å²) in [6.45, 7) is 0.359. The Morgan fingerprint density at radius 2 is 1.87 bits per heavy atom. The predicted molar refractivity (Wildman–Crippen MR) is 94.7 cm³/mol. The SMILES string of the molecule is O=C(Nc1ccccc1Cl)C1CC(=O)N(c2ccccc2Br)C1. The topological polar surface area (TPSA) is 49.4 Å². The second-order valence-corrected chi connectivity index (χ2v) is 6.59. The Morgan fingerprint density at radius 3 is 2.61 bits per heavy atom. The molecule has 0 aromatic heterocycles. The van der Waals surface area contributed by atoms with E-state index in [9.17, 15) is 9.59 Å². The maximum atomic E-state index is 12.4. The molecule has 4 nitrogen and oxygen atoms in total. The maximum absolute atomic E-state index is 12.4. The molecule has 1 unspecified atom stereocenters. The highest BCUT2D eigenvalue weighted by molar-refractivity contribution is 9.10. The third-order valence-electron chi connectivity index (χ3n) is 3.77. The summed E-state index contributed by atoms with van der Waals surface area (Å²) in [6, 6.07) is 14.5. The smallest absolute Gasteiger partial charge is 0.229 e. The first-order valence-electron chi connectivity index (χ1n) is 7.16. The van der Waals surface area contributed by atoms with Crippen molar-refractivity contribution in [3.05, 3.63) is 58.0 Å². The van der Waals surface area contributed by atoms with Crippen LogP contribution in [0.25, 0.3) is 0 Å². The van der Waals surface area contributed by atoms with Gasteiger partial charge in [0.15, 0.2) is 0 Å². The molecule has 0 spiro atoms. The number of rotatable bonds is 3. The van der Waals surface area contributed by atoms with E-state index in [-0.39, 0.29) is 18.2 Å². The molecule has 0 bridgehead atoms. The number of benzene rings is 2. The predicted octanol–water partition coefficient (Wildman–Crippen LogP) is 4.09. The number of para-hydroxylation sites is 2. The molecule has 1 saturated heterocycles. The molecule has 0 radical (unpaired) electrons. The molecule has 0 saturated carbocycles. The van der Waals surface area contributed by atoms with E-state index in [4.69, 9.17) is 11.6 Å². The lowest BCUT2D eigenvalue weighted by Gasteiger charge is -2.18. The van der Waals surface area contributed by atoms with Gasteiger partial charge in [-0.25, -0.2) is 0 Å². The first kappa shape index (κ1) is 16.0. The third-order valence-corrected chi connectivity index (χ3v) is 4.77. The Labute approximate surface area is 147 Å². The molecule has 1 fully saturated rings. The van der Waals surface area contributed by atoms with Crippen molar-refractivity contribution in [3.63, 3.8) is 0 Å². The van der Waals surface area contributed by atoms with Gasteiger partial charge in [-0.3, -0.25) is 9.59 Å². The molecule has 1 atom stereocenters. The van der Waals surface area contributed by atoms with Gasteiger partial charge in [0.25, 0.3) is 0 Å². The van der Waals surface area contributed by atoms with Crippen LogP contribution in [-0.2, 0) is 9.59 Å². The molecule has 0 aliphatic carbocycles. The van der Waals surface area contributed by atoms with Crippen LogP contribution in [0.4, 0.5) is 11.4 Å². The zero-order valence-electron chi connectivity index (χ0n) is 12.1. The van der Waals surface area contributed by atoms with Crippen molar-refractivity contribution in [1.29, 1.82) is 0 Å². The summed E-state index contributed by atoms with van der Waals surface area (Å²) in [5, 5.41) is 3.28. The van der Waals surface area contributed by atoms with Gasteiger partial charge in [0, 0.05) is 17.4 Å². The summed E-state index contributed by atoms with van der Waals surface area (Å²) in [4.78, 5) is 26.3. The summed E-state index contributed by atoms with van der Waals surface area (Å²) < 4.78 is 0.834. The van der Waals surface area contributed by atoms with Crippen molar-refractivity contribution in [2.24, 2.45) is 5.92 Å². The van der Waals surface area contributed by atoms with Gasteiger partial charge in [-0.05, 0) is 40.2 Å². The van der Waals surface area contributed by atoms with Crippen LogP contribution in [0.15, 0.2) is 53.0 Å². The quantitative estimate of drug-likeness (QED) is 0.854. The van der Waals surface area contributed by atoms with Crippen LogP contribution in [0.1, 0.15) is 6.42 Å². The van der Waals surface area contributed by atoms with E-state index in [1.165, 1.54) is 0 Å². The van der Waals surface area contributed by atoms with Crippen molar-refractivity contribution >= 4 is 50.7 Å². The molecule has 1 aliphatic rings. The van der Waals surface area contributed by atoms with Gasteiger partial charge in [0.2, 0.25) is 11.8 Å². The molecule has 2 aromatic carbocycles. The van der Waals surface area contributed by atoms with Gasteiger partial charge in [0.1, 0.15) is 0 Å². The van der Waals surface area contributed by atoms with Gasteiger partial charge in [-0.2, -0.15) is 0 Å². The van der Waals surface area contributed by atoms with Crippen LogP contribution in [0, 0.1) is 5.92 Å². The van der Waals surface area contributed by atoms with Crippen LogP contribution in [-0.4, -0.2) is 18.4 Å². The van der Waals surface area contributed by atoms with E-state index in [0.717, 1.165) is 10.2 Å². The number of carbonyl (C=O) groups excluding carboxylic acids is 2. The van der Waals surface area contributed by atoms with Gasteiger partial charge < -0.3 is 10.2 Å². The Morgan fingerprint density at radius 1 is 1.17 bits per heavy atom. The van der Waals surface area contributed by atoms with Gasteiger partial charge in [-0.1, -0.05) is 35.9 Å². The average molecular weight is 394 g/mol. The highest BCUT2D eigenvalue weighted by Crippen LogP contribution is 2.32. The third kappa shape index (κ3) is 3.41. The second kappa shape index (κ2) is 6.72. The number of amides is 2. The fourth-order valence-electron chi connectivity index (χ4n) is 2.58. The number of carbonyl (C=O) groups is 2. The normalized spacial score (nSPS) is 17.4. The standard InChI is InChI=1S/C17H14BrClN2O2/c18-12-5-1-4-8-15(12)21-10-11(9-16(21)22)17(23)20-14-7-3-2-6-13(14)19/h1-8,11H,9-10H2,(H,20,23). The number of nitrogens with zero attached hydrogens (tertiary/aromatic N) is 1. The van der Waals surface area contributed by atoms with Crippen molar-refractivity contribution < 1.29 is 9.59 Å². The number of hydrogen-bond donors (Lipinski definition) is 1. The van der Waals surface area contributed by atoms with E-state index >= 15 is 0 Å². The summed E-state index contributed by atoms with van der Waals surface area (Å²) in [7, 11) is 0. The maximum Gasteiger partial charge on any atom is 0.229 e. The van der Waals surface area contributed by atoms with Crippen molar-refractivity contribution in [2.45, 2.75) is 6.42 Å². The first-order valence-corrected chi connectivity index (χ1v) is 8.33. The molecular formula is C17H14BrClN2O2. The monoisotopic (exact) mass is 392 g/mol. The molecule has 2 aromatic rings. The second-order valence-electron chi connectivity index (χ2n) is 5.33. The van der Waals surface area contributed by atoms with E-state index in [0.29, 0.717) is 17.3 Å². The summed E-state index contributed by atoms with van der Waals surface area (Å²) in [5.74, 6) is -0.650. The highest BCUT2D eigenvalue weighted by Gasteiger charge is 2.35. The van der Waals surface area contributed by atoms with Crippen LogP contribution in [0.2, 0.25) is 5.02 Å². The molecule has 2 amide bonds. The molecule has 118 valence electrons. The minimum Gasteiger partial charge on any atom is -0.324 e. The Balaban J connectivity index is 1.74. The lowest BCUT2D eigenvalue weighted by atomic mass is 10.1. The lowest BCUT2D eigenvalue weighted by molar-refractivity contribution is -0.122. The van der Waals surface area contributed by atoms with E-state index in [1.807, 2.05) is 24.3 Å². The lowest BCUT2D eigenvalue weighted by Crippen LogP contribution is -2.28. The molecule has 1 heterocycles. The summed E-state index contributed by atoms with van der Waals surface area (Å²) in [6.07, 6.45) is 0.192. The highest BCUT2D eigenvalue weighted by atomic mass is 79.9. The van der Waals surface area contributed by atoms with Crippen LogP contribution >= 0.6 is 27.5 Å². The number of anilines is 2. The van der Waals surface area contributed by atoms with Crippen molar-refractivity contribution in [1.82, 2.24) is 0 Å². The van der Waals surface area contributed by atoms with E-state index < -0.39 is 5.92 Å². The molecule has 1 N–H and O–H groups in total. The zero-order chi connectivity index (χ0) is 16.4. The fourth-order valence-corrected chi connectivity index (χ4v) is 3.27. The average Bonchev–Trinajstić information content (AvgIpc) is 2.92. The Kier molecular flexibility index (Phi) is 4.68. The van der Waals surface area contributed by atoms with Crippen LogP contribution < -0.4 is 10.2 Å². The number of nitrogens with one attached hydrogen (secondary N) is 1. The molecule has 3 rings (SSSR count). The summed E-state index contributed by atoms with van der Waals surface area (Å²) in [5.41, 5.74) is 1.34. The van der Waals surface area contributed by atoms with Crippen LogP contribution in [0.3, 0.4) is 0 Å². The summed E-state index contributed by atoms with van der Waals surface area (Å²) >= 11 is 9.49. The van der Waals surface area contributed by atoms with Crippen LogP contribution in [0.5, 0.6) is 0 Å². The molecular weight excluding hydrogens is 380 g/mol. The molecule has 23 heavy (non-hydrogen) atoms. The minimum absolute atomic E-state index is 0.0591. The number of hydrogen-bond acceptors (Lipinski definition) is 2. The zero-order valence-corrected chi connectivity index (χ0v) is 14.5. The van der Waals surface area contributed by atoms with Crippen molar-refractivity contribution in [2.75, 3.05) is 16.8 Å². The largest absolute Gasteiger partial charge is 0.324 e. The Hall–Kier alpha value is -1.85. The number of halogens is 2. The van der Waals surface area contributed by atoms with E-state index in [2.05, 4.69) is 21.2 Å². The van der Waals surface area contributed by atoms with Gasteiger partial charge in [-0.15, -0.1) is 0 Å². The Bertz CT molecular complexity index is 766. The fraction of sp³-hybridized carbons (Fsp3) is 0.176. The van der Waals surface area contributed by atoms with Gasteiger partial charge in [0.05, 0.1) is 22.3 Å². The van der Waals surface area contributed by atoms with Gasteiger partial charge >= 0.3 is 0 Å². The van der Waals surface area contributed by atoms with Crippen molar-refractivity contribution in [3.8, 4) is 0 Å². The molecule has 6 heteroatoms. The molecule has 1 aliphatic heterocycles. The minimum atomic E-state index is -0.397. The first-order chi connectivity index (χ1) is 11.1.